The van der Waals surface area contributed by atoms with E-state index in [1.54, 1.807) is 0 Å². The first-order chi connectivity index (χ1) is 9.59. The highest BCUT2D eigenvalue weighted by Gasteiger charge is 2.30. The van der Waals surface area contributed by atoms with E-state index in [4.69, 9.17) is 5.73 Å². The van der Waals surface area contributed by atoms with Gasteiger partial charge >= 0.3 is 0 Å². The van der Waals surface area contributed by atoms with Gasteiger partial charge in [0.2, 0.25) is 5.91 Å². The van der Waals surface area contributed by atoms with Crippen molar-refractivity contribution in [2.45, 2.75) is 64.5 Å². The molecule has 0 aromatic carbocycles. The molecule has 5 heteroatoms. The van der Waals surface area contributed by atoms with Crippen LogP contribution < -0.4 is 5.73 Å². The molecule has 2 rings (SSSR count). The fourth-order valence-electron chi connectivity index (χ4n) is 3.54. The molecule has 0 spiro atoms. The molecular formula is C16H32ClN3O. The van der Waals surface area contributed by atoms with Crippen molar-refractivity contribution in [1.82, 2.24) is 9.80 Å². The maximum absolute atomic E-state index is 12.6. The second kappa shape index (κ2) is 8.96. The molecule has 0 aromatic rings. The van der Waals surface area contributed by atoms with Crippen LogP contribution in [0.1, 0.15) is 52.4 Å². The Morgan fingerprint density at radius 1 is 1.00 bits per heavy atom. The quantitative estimate of drug-likeness (QED) is 0.868. The Morgan fingerprint density at radius 3 is 2.00 bits per heavy atom. The van der Waals surface area contributed by atoms with E-state index in [1.165, 1.54) is 25.7 Å². The number of carbonyl (C=O) groups excluding carboxylic acids is 1. The minimum atomic E-state index is 0. The molecule has 2 saturated heterocycles. The Balaban J connectivity index is 0.00000220. The summed E-state index contributed by atoms with van der Waals surface area (Å²) in [5.74, 6) is 0.970. The molecule has 2 fully saturated rings. The van der Waals surface area contributed by atoms with Crippen molar-refractivity contribution in [3.8, 4) is 0 Å². The first kappa shape index (κ1) is 18.7. The molecule has 2 N–H and O–H groups in total. The highest BCUT2D eigenvalue weighted by Crippen LogP contribution is 2.22. The third-order valence-electron chi connectivity index (χ3n) is 5.14. The highest BCUT2D eigenvalue weighted by atomic mass is 35.5. The van der Waals surface area contributed by atoms with Gasteiger partial charge in [-0.1, -0.05) is 12.8 Å². The Morgan fingerprint density at radius 2 is 1.52 bits per heavy atom. The average Bonchev–Trinajstić information content (AvgIpc) is 2.75. The maximum atomic E-state index is 12.6. The van der Waals surface area contributed by atoms with Gasteiger partial charge in [0.05, 0.1) is 6.04 Å². The number of halogens is 1. The van der Waals surface area contributed by atoms with Crippen LogP contribution in [-0.4, -0.2) is 54.0 Å². The molecule has 1 amide bonds. The van der Waals surface area contributed by atoms with Crippen LogP contribution in [0.5, 0.6) is 0 Å². The lowest BCUT2D eigenvalue weighted by atomic mass is 9.90. The molecule has 0 saturated carbocycles. The highest BCUT2D eigenvalue weighted by molar-refractivity contribution is 5.85. The van der Waals surface area contributed by atoms with Gasteiger partial charge in [-0.25, -0.2) is 0 Å². The predicted molar refractivity (Wildman–Crippen MR) is 89.7 cm³/mol. The number of amides is 1. The van der Waals surface area contributed by atoms with Gasteiger partial charge in [0, 0.05) is 19.1 Å². The van der Waals surface area contributed by atoms with E-state index in [0.29, 0.717) is 11.8 Å². The topological polar surface area (TPSA) is 49.6 Å². The summed E-state index contributed by atoms with van der Waals surface area (Å²) in [6.45, 7) is 8.14. The van der Waals surface area contributed by atoms with E-state index < -0.39 is 0 Å². The third-order valence-corrected chi connectivity index (χ3v) is 5.14. The smallest absolute Gasteiger partial charge is 0.239 e. The van der Waals surface area contributed by atoms with Crippen LogP contribution in [0.25, 0.3) is 0 Å². The van der Waals surface area contributed by atoms with Gasteiger partial charge in [-0.2, -0.15) is 0 Å². The van der Waals surface area contributed by atoms with Gasteiger partial charge in [-0.3, -0.25) is 9.69 Å². The van der Waals surface area contributed by atoms with E-state index in [-0.39, 0.29) is 24.5 Å². The summed E-state index contributed by atoms with van der Waals surface area (Å²) in [6.07, 6.45) is 7.16. The van der Waals surface area contributed by atoms with Gasteiger partial charge in [0.1, 0.15) is 0 Å². The fourth-order valence-corrected chi connectivity index (χ4v) is 3.54. The maximum Gasteiger partial charge on any atom is 0.239 e. The zero-order valence-electron chi connectivity index (χ0n) is 13.6. The lowest BCUT2D eigenvalue weighted by Gasteiger charge is -2.38. The summed E-state index contributed by atoms with van der Waals surface area (Å²) in [6, 6.07) is 0.330. The van der Waals surface area contributed by atoms with E-state index in [1.807, 2.05) is 0 Å². The number of piperidine rings is 1. The number of carbonyl (C=O) groups is 1. The van der Waals surface area contributed by atoms with Gasteiger partial charge in [0.25, 0.3) is 0 Å². The Labute approximate surface area is 135 Å². The van der Waals surface area contributed by atoms with E-state index in [0.717, 1.165) is 39.0 Å². The molecule has 2 unspecified atom stereocenters. The molecule has 0 radical (unpaired) electrons. The van der Waals surface area contributed by atoms with Crippen LogP contribution in [0.3, 0.4) is 0 Å². The lowest BCUT2D eigenvalue weighted by Crippen LogP contribution is -2.51. The average molecular weight is 318 g/mol. The standard InChI is InChI=1S/C16H31N3O.ClH/c1-13(17)15-7-11-18(12-8-15)14(2)16(20)19-9-5-3-4-6-10-19;/h13-15H,3-12,17H2,1-2H3;1H. The number of nitrogens with two attached hydrogens (primary N) is 1. The molecule has 124 valence electrons. The largest absolute Gasteiger partial charge is 0.341 e. The Bertz CT molecular complexity index is 309. The van der Waals surface area contributed by atoms with Gasteiger partial charge in [-0.15, -0.1) is 12.4 Å². The van der Waals surface area contributed by atoms with Crippen LogP contribution in [0.4, 0.5) is 0 Å². The molecule has 4 nitrogen and oxygen atoms in total. The lowest BCUT2D eigenvalue weighted by molar-refractivity contribution is -0.137. The zero-order valence-corrected chi connectivity index (χ0v) is 14.4. The molecular weight excluding hydrogens is 286 g/mol. The minimum Gasteiger partial charge on any atom is -0.341 e. The molecule has 2 atom stereocenters. The first-order valence-electron chi connectivity index (χ1n) is 8.38. The second-order valence-electron chi connectivity index (χ2n) is 6.65. The summed E-state index contributed by atoms with van der Waals surface area (Å²) in [5, 5.41) is 0. The number of nitrogens with zero attached hydrogens (tertiary/aromatic N) is 2. The third kappa shape index (κ3) is 5.11. The molecule has 0 bridgehead atoms. The van der Waals surface area contributed by atoms with Gasteiger partial charge < -0.3 is 10.6 Å². The predicted octanol–water partition coefficient (Wildman–Crippen LogP) is 2.26. The van der Waals surface area contributed by atoms with Crippen LogP contribution in [0, 0.1) is 5.92 Å². The van der Waals surface area contributed by atoms with Crippen molar-refractivity contribution in [3.63, 3.8) is 0 Å². The second-order valence-corrected chi connectivity index (χ2v) is 6.65. The number of likely N-dealkylation sites (tertiary alicyclic amines) is 2. The molecule has 0 aromatic heterocycles. The fraction of sp³-hybridized carbons (Fsp3) is 0.938. The van der Waals surface area contributed by atoms with Crippen molar-refractivity contribution < 1.29 is 4.79 Å². The van der Waals surface area contributed by atoms with Crippen molar-refractivity contribution in [2.75, 3.05) is 26.2 Å². The summed E-state index contributed by atoms with van der Waals surface area (Å²) in [5.41, 5.74) is 5.99. The van der Waals surface area contributed by atoms with Crippen molar-refractivity contribution in [2.24, 2.45) is 11.7 Å². The summed E-state index contributed by atoms with van der Waals surface area (Å²) in [4.78, 5) is 17.1. The minimum absolute atomic E-state index is 0. The van der Waals surface area contributed by atoms with Gasteiger partial charge in [0.15, 0.2) is 0 Å². The van der Waals surface area contributed by atoms with Crippen LogP contribution >= 0.6 is 12.4 Å². The normalized spacial score (nSPS) is 24.8. The summed E-state index contributed by atoms with van der Waals surface area (Å²) < 4.78 is 0. The SMILES string of the molecule is CC(N)C1CCN(C(C)C(=O)N2CCCCCC2)CC1.Cl. The Kier molecular flexibility index (Phi) is 7.99. The van der Waals surface area contributed by atoms with E-state index >= 15 is 0 Å². The Hall–Kier alpha value is -0.320. The summed E-state index contributed by atoms with van der Waals surface area (Å²) >= 11 is 0. The number of hydrogen-bond acceptors (Lipinski definition) is 3. The molecule has 0 aliphatic carbocycles. The van der Waals surface area contributed by atoms with Crippen molar-refractivity contribution >= 4 is 18.3 Å². The monoisotopic (exact) mass is 317 g/mol. The van der Waals surface area contributed by atoms with E-state index in [9.17, 15) is 4.79 Å². The zero-order chi connectivity index (χ0) is 14.5. The number of hydrogen-bond donors (Lipinski definition) is 1. The molecule has 2 heterocycles. The summed E-state index contributed by atoms with van der Waals surface area (Å²) in [7, 11) is 0. The van der Waals surface area contributed by atoms with Crippen molar-refractivity contribution in [1.29, 1.82) is 0 Å². The first-order valence-corrected chi connectivity index (χ1v) is 8.38. The molecule has 2 aliphatic heterocycles. The van der Waals surface area contributed by atoms with E-state index in [2.05, 4.69) is 23.6 Å². The molecule has 21 heavy (non-hydrogen) atoms. The molecule has 2 aliphatic rings. The van der Waals surface area contributed by atoms with Gasteiger partial charge in [-0.05, 0) is 58.5 Å². The van der Waals surface area contributed by atoms with Crippen LogP contribution in [0.15, 0.2) is 0 Å². The van der Waals surface area contributed by atoms with Crippen LogP contribution in [-0.2, 0) is 4.79 Å². The van der Waals surface area contributed by atoms with Crippen molar-refractivity contribution in [3.05, 3.63) is 0 Å². The number of rotatable bonds is 3. The van der Waals surface area contributed by atoms with Crippen LogP contribution in [0.2, 0.25) is 0 Å².